The summed E-state index contributed by atoms with van der Waals surface area (Å²) >= 11 is 0. The van der Waals surface area contributed by atoms with E-state index >= 15 is 0 Å². The van der Waals surface area contributed by atoms with Gasteiger partial charge in [-0.05, 0) is 18.6 Å². The van der Waals surface area contributed by atoms with Crippen molar-refractivity contribution in [1.82, 2.24) is 0 Å². The summed E-state index contributed by atoms with van der Waals surface area (Å²) < 4.78 is 5.06. The second-order valence-electron chi connectivity index (χ2n) is 3.37. The van der Waals surface area contributed by atoms with Gasteiger partial charge in [0.05, 0.1) is 23.8 Å². The van der Waals surface area contributed by atoms with Crippen molar-refractivity contribution in [3.8, 4) is 6.07 Å². The van der Waals surface area contributed by atoms with Crippen molar-refractivity contribution >= 4 is 11.1 Å². The lowest BCUT2D eigenvalue weighted by Crippen LogP contribution is -1.93. The zero-order chi connectivity index (χ0) is 11.5. The van der Waals surface area contributed by atoms with E-state index in [9.17, 15) is 5.11 Å². The number of fused-ring (bicyclic) bond motifs is 1. The largest absolute Gasteiger partial charge is 0.481 e. The smallest absolute Gasteiger partial charge is 0.284 e. The Morgan fingerprint density at radius 1 is 1.38 bits per heavy atom. The number of hydrogen-bond acceptors (Lipinski definition) is 3. The average Bonchev–Trinajstić information content (AvgIpc) is 2.68. The van der Waals surface area contributed by atoms with E-state index in [1.165, 1.54) is 0 Å². The molecular weight excluding hydrogens is 202 g/mol. The van der Waals surface area contributed by atoms with Gasteiger partial charge in [0.1, 0.15) is 0 Å². The van der Waals surface area contributed by atoms with Crippen LogP contribution in [-0.4, -0.2) is 11.7 Å². The maximum atomic E-state index is 9.71. The highest BCUT2D eigenvalue weighted by Gasteiger charge is 2.21. The molecule has 0 saturated carbocycles. The van der Waals surface area contributed by atoms with Crippen LogP contribution < -0.4 is 0 Å². The summed E-state index contributed by atoms with van der Waals surface area (Å²) in [7, 11) is 0. The SMILES string of the molecule is CCO/C(O)=C1/C=C(C#N)c2ccccc21. The fourth-order valence-corrected chi connectivity index (χ4v) is 1.74. The number of aliphatic hydroxyl groups is 1. The molecule has 0 saturated heterocycles. The van der Waals surface area contributed by atoms with E-state index in [1.807, 2.05) is 24.3 Å². The standard InChI is InChI=1S/C13H11NO2/c1-2-16-13(15)12-7-9(8-14)10-5-3-4-6-11(10)12/h3-7,15H,2H2,1H3/b13-12-. The first-order chi connectivity index (χ1) is 7.77. The molecule has 3 nitrogen and oxygen atoms in total. The number of allylic oxidation sites excluding steroid dienone is 3. The molecule has 0 spiro atoms. The first-order valence-electron chi connectivity index (χ1n) is 5.05. The fraction of sp³-hybridized carbons (Fsp3) is 0.154. The van der Waals surface area contributed by atoms with Crippen LogP contribution in [0.15, 0.2) is 36.3 Å². The van der Waals surface area contributed by atoms with Crippen molar-refractivity contribution in [2.45, 2.75) is 6.92 Å². The molecule has 1 aliphatic rings. The molecule has 1 aromatic rings. The minimum absolute atomic E-state index is 0.125. The summed E-state index contributed by atoms with van der Waals surface area (Å²) in [6.07, 6.45) is 1.65. The van der Waals surface area contributed by atoms with E-state index in [1.54, 1.807) is 13.0 Å². The Morgan fingerprint density at radius 2 is 2.06 bits per heavy atom. The van der Waals surface area contributed by atoms with Crippen molar-refractivity contribution < 1.29 is 9.84 Å². The number of rotatable bonds is 2. The van der Waals surface area contributed by atoms with Gasteiger partial charge in [0, 0.05) is 5.56 Å². The van der Waals surface area contributed by atoms with Gasteiger partial charge in [-0.15, -0.1) is 0 Å². The van der Waals surface area contributed by atoms with Gasteiger partial charge in [0.2, 0.25) is 0 Å². The molecule has 0 radical (unpaired) electrons. The summed E-state index contributed by atoms with van der Waals surface area (Å²) in [5.74, 6) is -0.125. The Kier molecular flexibility index (Phi) is 2.65. The van der Waals surface area contributed by atoms with Crippen LogP contribution >= 0.6 is 0 Å². The predicted molar refractivity (Wildman–Crippen MR) is 61.2 cm³/mol. The van der Waals surface area contributed by atoms with Gasteiger partial charge in [-0.25, -0.2) is 0 Å². The highest BCUT2D eigenvalue weighted by molar-refractivity contribution is 6.00. The van der Waals surface area contributed by atoms with E-state index in [-0.39, 0.29) is 5.95 Å². The third-order valence-corrected chi connectivity index (χ3v) is 2.43. The molecule has 0 aromatic heterocycles. The zero-order valence-electron chi connectivity index (χ0n) is 8.90. The Bertz CT molecular complexity index is 521. The Balaban J connectivity index is 2.57. The van der Waals surface area contributed by atoms with E-state index in [0.29, 0.717) is 17.8 Å². The van der Waals surface area contributed by atoms with Crippen molar-refractivity contribution in [3.63, 3.8) is 0 Å². The van der Waals surface area contributed by atoms with Crippen LogP contribution in [0.25, 0.3) is 11.1 Å². The van der Waals surface area contributed by atoms with Crippen molar-refractivity contribution in [3.05, 3.63) is 47.4 Å². The monoisotopic (exact) mass is 213 g/mol. The molecule has 1 aliphatic carbocycles. The molecular formula is C13H11NO2. The summed E-state index contributed by atoms with van der Waals surface area (Å²) in [5.41, 5.74) is 2.81. The Hall–Kier alpha value is -2.21. The van der Waals surface area contributed by atoms with Crippen LogP contribution in [-0.2, 0) is 4.74 Å². The maximum Gasteiger partial charge on any atom is 0.284 e. The van der Waals surface area contributed by atoms with E-state index in [4.69, 9.17) is 10.00 Å². The average molecular weight is 213 g/mol. The predicted octanol–water partition coefficient (Wildman–Crippen LogP) is 2.87. The van der Waals surface area contributed by atoms with Gasteiger partial charge < -0.3 is 9.84 Å². The molecule has 0 bridgehead atoms. The molecule has 1 N–H and O–H groups in total. The maximum absolute atomic E-state index is 9.71. The van der Waals surface area contributed by atoms with Gasteiger partial charge in [-0.3, -0.25) is 0 Å². The van der Waals surface area contributed by atoms with Gasteiger partial charge in [-0.1, -0.05) is 24.3 Å². The molecule has 3 heteroatoms. The number of nitriles is 1. The number of nitrogens with zero attached hydrogens (tertiary/aromatic N) is 1. The normalized spacial score (nSPS) is 16.1. The summed E-state index contributed by atoms with van der Waals surface area (Å²) in [6.45, 7) is 2.19. The fourth-order valence-electron chi connectivity index (χ4n) is 1.74. The lowest BCUT2D eigenvalue weighted by molar-refractivity contribution is 0.105. The molecule has 0 unspecified atom stereocenters. The Labute approximate surface area is 93.9 Å². The van der Waals surface area contributed by atoms with Gasteiger partial charge in [-0.2, -0.15) is 5.26 Å². The lowest BCUT2D eigenvalue weighted by atomic mass is 10.1. The molecule has 16 heavy (non-hydrogen) atoms. The zero-order valence-corrected chi connectivity index (χ0v) is 8.90. The van der Waals surface area contributed by atoms with Gasteiger partial charge in [0.25, 0.3) is 5.95 Å². The number of aliphatic hydroxyl groups excluding tert-OH is 1. The Morgan fingerprint density at radius 3 is 2.69 bits per heavy atom. The third-order valence-electron chi connectivity index (χ3n) is 2.43. The van der Waals surface area contributed by atoms with E-state index in [0.717, 1.165) is 11.1 Å². The second kappa shape index (κ2) is 4.11. The van der Waals surface area contributed by atoms with Gasteiger partial charge in [0.15, 0.2) is 0 Å². The molecule has 0 amide bonds. The summed E-state index contributed by atoms with van der Waals surface area (Å²) in [6, 6.07) is 9.56. The van der Waals surface area contributed by atoms with Crippen LogP contribution in [0.1, 0.15) is 18.1 Å². The van der Waals surface area contributed by atoms with Crippen LogP contribution in [0.4, 0.5) is 0 Å². The van der Waals surface area contributed by atoms with Crippen LogP contribution in [0, 0.1) is 11.3 Å². The molecule has 2 rings (SSSR count). The van der Waals surface area contributed by atoms with Crippen molar-refractivity contribution in [2.24, 2.45) is 0 Å². The number of ether oxygens (including phenoxy) is 1. The van der Waals surface area contributed by atoms with Crippen molar-refractivity contribution in [2.75, 3.05) is 6.61 Å². The van der Waals surface area contributed by atoms with Gasteiger partial charge >= 0.3 is 0 Å². The molecule has 1 aromatic carbocycles. The first kappa shape index (κ1) is 10.3. The van der Waals surface area contributed by atoms with E-state index < -0.39 is 0 Å². The quantitative estimate of drug-likeness (QED) is 0.768. The highest BCUT2D eigenvalue weighted by atomic mass is 16.6. The molecule has 0 heterocycles. The van der Waals surface area contributed by atoms with E-state index in [2.05, 4.69) is 6.07 Å². The first-order valence-corrected chi connectivity index (χ1v) is 5.05. The molecule has 0 aliphatic heterocycles. The molecule has 0 fully saturated rings. The molecule has 80 valence electrons. The summed E-state index contributed by atoms with van der Waals surface area (Å²) in [4.78, 5) is 0. The number of benzene rings is 1. The minimum Gasteiger partial charge on any atom is -0.481 e. The second-order valence-corrected chi connectivity index (χ2v) is 3.37. The van der Waals surface area contributed by atoms with Crippen molar-refractivity contribution in [1.29, 1.82) is 5.26 Å². The minimum atomic E-state index is -0.125. The summed E-state index contributed by atoms with van der Waals surface area (Å²) in [5, 5.41) is 18.7. The lowest BCUT2D eigenvalue weighted by Gasteiger charge is -2.05. The molecule has 0 atom stereocenters. The van der Waals surface area contributed by atoms with Crippen LogP contribution in [0.2, 0.25) is 0 Å². The van der Waals surface area contributed by atoms with Crippen LogP contribution in [0.3, 0.4) is 0 Å². The van der Waals surface area contributed by atoms with Crippen LogP contribution in [0.5, 0.6) is 0 Å². The third kappa shape index (κ3) is 1.55. The number of hydrogen-bond donors (Lipinski definition) is 1. The highest BCUT2D eigenvalue weighted by Crippen LogP contribution is 2.36. The topological polar surface area (TPSA) is 53.2 Å².